The molecule has 1 aromatic rings. The molecule has 0 atom stereocenters. The number of benzene rings is 1. The molecule has 1 rings (SSSR count). The Morgan fingerprint density at radius 3 is 2.33 bits per heavy atom. The normalized spacial score (nSPS) is 9.87. The maximum absolute atomic E-state index is 13.0. The van der Waals surface area contributed by atoms with E-state index in [9.17, 15) is 18.0 Å². The van der Waals surface area contributed by atoms with Gasteiger partial charge in [0.15, 0.2) is 11.6 Å². The van der Waals surface area contributed by atoms with E-state index in [1.807, 2.05) is 0 Å². The minimum Gasteiger partial charge on any atom is -0.468 e. The highest BCUT2D eigenvalue weighted by Crippen LogP contribution is 2.19. The Balaban J connectivity index is 2.81. The third-order valence-electron chi connectivity index (χ3n) is 1.64. The second kappa shape index (κ2) is 4.68. The summed E-state index contributed by atoms with van der Waals surface area (Å²) in [6, 6.07) is 1.03. The third-order valence-corrected chi connectivity index (χ3v) is 1.64. The molecule has 0 amide bonds. The first-order valence-electron chi connectivity index (χ1n) is 4.00. The van der Waals surface area contributed by atoms with Crippen LogP contribution in [0.3, 0.4) is 0 Å². The first-order chi connectivity index (χ1) is 7.04. The van der Waals surface area contributed by atoms with Gasteiger partial charge in [0.25, 0.3) is 0 Å². The lowest BCUT2D eigenvalue weighted by atomic mass is 10.3. The van der Waals surface area contributed by atoms with Gasteiger partial charge in [-0.25, -0.2) is 13.2 Å². The van der Waals surface area contributed by atoms with Gasteiger partial charge in [0.2, 0.25) is 0 Å². The van der Waals surface area contributed by atoms with Crippen molar-refractivity contribution in [2.75, 3.05) is 19.0 Å². The molecule has 0 spiro atoms. The Morgan fingerprint density at radius 2 is 1.87 bits per heavy atom. The van der Waals surface area contributed by atoms with Crippen molar-refractivity contribution in [1.29, 1.82) is 0 Å². The number of carbonyl (C=O) groups excluding carboxylic acids is 1. The quantitative estimate of drug-likeness (QED) is 0.786. The molecule has 0 fully saturated rings. The molecule has 1 aromatic carbocycles. The number of hydrogen-bond donors (Lipinski definition) is 1. The molecule has 6 heteroatoms. The number of ether oxygens (including phenoxy) is 1. The van der Waals surface area contributed by atoms with Crippen molar-refractivity contribution in [1.82, 2.24) is 0 Å². The third kappa shape index (κ3) is 2.87. The second-order valence-corrected chi connectivity index (χ2v) is 2.67. The summed E-state index contributed by atoms with van der Waals surface area (Å²) in [6.45, 7) is -0.393. The van der Waals surface area contributed by atoms with E-state index in [0.717, 1.165) is 7.11 Å². The van der Waals surface area contributed by atoms with Gasteiger partial charge in [0.05, 0.1) is 7.11 Å². The molecule has 0 heterocycles. The summed E-state index contributed by atoms with van der Waals surface area (Å²) in [6.07, 6.45) is 0. The molecule has 15 heavy (non-hydrogen) atoms. The van der Waals surface area contributed by atoms with Gasteiger partial charge < -0.3 is 10.1 Å². The van der Waals surface area contributed by atoms with Crippen molar-refractivity contribution in [3.63, 3.8) is 0 Å². The molecule has 82 valence electrons. The zero-order chi connectivity index (χ0) is 11.4. The highest BCUT2D eigenvalue weighted by Gasteiger charge is 2.12. The summed E-state index contributed by atoms with van der Waals surface area (Å²) < 4.78 is 42.7. The van der Waals surface area contributed by atoms with Gasteiger partial charge in [-0.2, -0.15) is 0 Å². The van der Waals surface area contributed by atoms with Crippen LogP contribution in [-0.4, -0.2) is 19.6 Å². The van der Waals surface area contributed by atoms with Gasteiger partial charge >= 0.3 is 5.97 Å². The first kappa shape index (κ1) is 11.4. The van der Waals surface area contributed by atoms with Gasteiger partial charge in [0.1, 0.15) is 18.0 Å². The predicted molar refractivity (Wildman–Crippen MR) is 46.8 cm³/mol. The van der Waals surface area contributed by atoms with Crippen LogP contribution in [0.15, 0.2) is 12.1 Å². The molecule has 0 saturated carbocycles. The highest BCUT2D eigenvalue weighted by molar-refractivity contribution is 5.74. The topological polar surface area (TPSA) is 38.3 Å². The van der Waals surface area contributed by atoms with Crippen LogP contribution in [0.5, 0.6) is 0 Å². The maximum Gasteiger partial charge on any atom is 0.325 e. The van der Waals surface area contributed by atoms with Crippen LogP contribution in [0, 0.1) is 17.5 Å². The van der Waals surface area contributed by atoms with Crippen LogP contribution in [0.25, 0.3) is 0 Å². The maximum atomic E-state index is 13.0. The largest absolute Gasteiger partial charge is 0.468 e. The summed E-state index contributed by atoms with van der Waals surface area (Å²) in [7, 11) is 1.14. The molecule has 0 aromatic heterocycles. The van der Waals surface area contributed by atoms with Gasteiger partial charge in [-0.15, -0.1) is 0 Å². The number of rotatable bonds is 3. The second-order valence-electron chi connectivity index (χ2n) is 2.67. The van der Waals surface area contributed by atoms with Gasteiger partial charge in [-0.05, 0) is 0 Å². The fourth-order valence-electron chi connectivity index (χ4n) is 0.944. The summed E-state index contributed by atoms with van der Waals surface area (Å²) >= 11 is 0. The molecule has 0 aliphatic carbocycles. The molecule has 0 aliphatic rings. The van der Waals surface area contributed by atoms with Crippen LogP contribution < -0.4 is 5.32 Å². The molecule has 3 nitrogen and oxygen atoms in total. The fraction of sp³-hybridized carbons (Fsp3) is 0.222. The lowest BCUT2D eigenvalue weighted by Gasteiger charge is -2.07. The Hall–Kier alpha value is -1.72. The van der Waals surface area contributed by atoms with E-state index in [0.29, 0.717) is 12.1 Å². The van der Waals surface area contributed by atoms with Crippen LogP contribution in [0.4, 0.5) is 18.9 Å². The smallest absolute Gasteiger partial charge is 0.325 e. The van der Waals surface area contributed by atoms with Gasteiger partial charge in [0, 0.05) is 12.1 Å². The van der Waals surface area contributed by atoms with Crippen LogP contribution in [0.1, 0.15) is 0 Å². The summed E-state index contributed by atoms with van der Waals surface area (Å²) in [5.41, 5.74) is -0.554. The van der Waals surface area contributed by atoms with Crippen LogP contribution in [0.2, 0.25) is 0 Å². The SMILES string of the molecule is COC(=O)CNc1c(F)cc(F)cc1F. The Labute approximate surface area is 83.8 Å². The first-order valence-corrected chi connectivity index (χ1v) is 4.00. The average Bonchev–Trinajstić information content (AvgIpc) is 2.15. The van der Waals surface area contributed by atoms with E-state index in [1.54, 1.807) is 0 Å². The van der Waals surface area contributed by atoms with Crippen molar-refractivity contribution in [3.05, 3.63) is 29.6 Å². The van der Waals surface area contributed by atoms with Crippen LogP contribution in [-0.2, 0) is 9.53 Å². The number of carbonyl (C=O) groups is 1. The minimum atomic E-state index is -1.10. The molecule has 0 unspecified atom stereocenters. The van der Waals surface area contributed by atoms with Crippen molar-refractivity contribution < 1.29 is 22.7 Å². The lowest BCUT2D eigenvalue weighted by Crippen LogP contribution is -2.16. The zero-order valence-electron chi connectivity index (χ0n) is 7.81. The van der Waals surface area contributed by atoms with E-state index in [2.05, 4.69) is 10.1 Å². The van der Waals surface area contributed by atoms with Crippen LogP contribution >= 0.6 is 0 Å². The monoisotopic (exact) mass is 219 g/mol. The minimum absolute atomic E-state index is 0.393. The molecule has 1 N–H and O–H groups in total. The molecule has 0 radical (unpaired) electrons. The van der Waals surface area contributed by atoms with Crippen molar-refractivity contribution in [2.24, 2.45) is 0 Å². The molecule has 0 aliphatic heterocycles. The van der Waals surface area contributed by atoms with Crippen molar-refractivity contribution >= 4 is 11.7 Å². The highest BCUT2D eigenvalue weighted by atomic mass is 19.1. The van der Waals surface area contributed by atoms with E-state index in [-0.39, 0.29) is 0 Å². The fourth-order valence-corrected chi connectivity index (χ4v) is 0.944. The zero-order valence-corrected chi connectivity index (χ0v) is 7.81. The van der Waals surface area contributed by atoms with E-state index in [4.69, 9.17) is 0 Å². The van der Waals surface area contributed by atoms with E-state index >= 15 is 0 Å². The van der Waals surface area contributed by atoms with Gasteiger partial charge in [-0.1, -0.05) is 0 Å². The lowest BCUT2D eigenvalue weighted by molar-refractivity contribution is -0.138. The number of esters is 1. The molecule has 0 bridgehead atoms. The molecule has 0 saturated heterocycles. The predicted octanol–water partition coefficient (Wildman–Crippen LogP) is 1.69. The van der Waals surface area contributed by atoms with E-state index < -0.39 is 35.7 Å². The number of methoxy groups -OCH3 is 1. The van der Waals surface area contributed by atoms with Crippen molar-refractivity contribution in [3.8, 4) is 0 Å². The number of hydrogen-bond acceptors (Lipinski definition) is 3. The Bertz CT molecular complexity index is 359. The summed E-state index contributed by atoms with van der Waals surface area (Å²) in [5.74, 6) is -3.90. The Morgan fingerprint density at radius 1 is 1.33 bits per heavy atom. The average molecular weight is 219 g/mol. The van der Waals surface area contributed by atoms with Crippen molar-refractivity contribution in [2.45, 2.75) is 0 Å². The van der Waals surface area contributed by atoms with E-state index in [1.165, 1.54) is 0 Å². The summed E-state index contributed by atoms with van der Waals surface area (Å²) in [5, 5.41) is 2.17. The Kier molecular flexibility index (Phi) is 3.54. The summed E-state index contributed by atoms with van der Waals surface area (Å²) in [4.78, 5) is 10.7. The number of nitrogens with one attached hydrogen (secondary N) is 1. The molecular formula is C9H8F3NO2. The number of anilines is 1. The number of halogens is 3. The molecular weight excluding hydrogens is 211 g/mol. The van der Waals surface area contributed by atoms with Gasteiger partial charge in [-0.3, -0.25) is 4.79 Å². The standard InChI is InChI=1S/C9H8F3NO2/c1-15-8(14)4-13-9-6(11)2-5(10)3-7(9)12/h2-3,13H,4H2,1H3.